The minimum absolute atomic E-state index is 0.0642. The van der Waals surface area contributed by atoms with E-state index >= 15 is 4.39 Å². The second-order valence-corrected chi connectivity index (χ2v) is 18.6. The number of carbonyl (C=O) groups excluding carboxylic acids is 7. The van der Waals surface area contributed by atoms with Crippen molar-refractivity contribution in [3.05, 3.63) is 99.5 Å². The summed E-state index contributed by atoms with van der Waals surface area (Å²) in [5.41, 5.74) is 6.54. The van der Waals surface area contributed by atoms with Crippen molar-refractivity contribution in [1.82, 2.24) is 41.1 Å². The standard InChI is InChI=1S/C47H56FN13O9S/c1-28(2)41(53-38(62)13-5-4-8-23-60-39(63)20-21-40(60)64)45(67)52-36(12-9-22-50-46(49)68)44(66)51-32-16-14-29(15-17-32)26-59-27-31(30-10-6-7-11-30)24-35(48)42(59)54-43(65)34-25-33(61(69)70)18-19-37(34)71-47-55-56-57-58(47)3/h14-21,24-25,27-28,30,36,41H,4-13,22-23,26H2,1-3H3,(H6,49,50,51,52,53,62,66,67,68)/p+1/t36-,41-/m0/s1. The van der Waals surface area contributed by atoms with E-state index in [0.717, 1.165) is 54.0 Å². The van der Waals surface area contributed by atoms with Gasteiger partial charge in [-0.15, -0.1) is 5.10 Å². The number of unbranched alkanes of at least 4 members (excludes halogenated alkanes) is 2. The van der Waals surface area contributed by atoms with E-state index < -0.39 is 46.6 Å². The van der Waals surface area contributed by atoms with Crippen LogP contribution in [-0.2, 0) is 37.6 Å². The van der Waals surface area contributed by atoms with E-state index in [1.165, 1.54) is 35.0 Å². The summed E-state index contributed by atoms with van der Waals surface area (Å²) in [6.07, 6.45) is 9.91. The molecule has 0 spiro atoms. The summed E-state index contributed by atoms with van der Waals surface area (Å²) in [5, 5.41) is 36.9. The molecule has 6 rings (SSSR count). The van der Waals surface area contributed by atoms with Crippen LogP contribution in [0.25, 0.3) is 0 Å². The zero-order chi connectivity index (χ0) is 51.2. The van der Waals surface area contributed by atoms with Crippen LogP contribution in [0.15, 0.2) is 76.9 Å². The van der Waals surface area contributed by atoms with Crippen molar-refractivity contribution in [2.75, 3.05) is 23.7 Å². The molecule has 376 valence electrons. The molecule has 1 saturated carbocycles. The van der Waals surface area contributed by atoms with Gasteiger partial charge in [0.15, 0.2) is 0 Å². The minimum Gasteiger partial charge on any atom is -0.352 e. The van der Waals surface area contributed by atoms with Crippen LogP contribution in [0.3, 0.4) is 0 Å². The maximum atomic E-state index is 16.3. The van der Waals surface area contributed by atoms with E-state index in [9.17, 15) is 43.7 Å². The van der Waals surface area contributed by atoms with Crippen LogP contribution in [0.5, 0.6) is 0 Å². The number of amides is 8. The van der Waals surface area contributed by atoms with Gasteiger partial charge in [-0.05, 0) is 108 Å². The Labute approximate surface area is 412 Å². The molecule has 7 N–H and O–H groups in total. The number of nitrogens with one attached hydrogen (secondary N) is 5. The van der Waals surface area contributed by atoms with Crippen LogP contribution in [0, 0.1) is 21.8 Å². The van der Waals surface area contributed by atoms with Gasteiger partial charge in [-0.2, -0.15) is 4.39 Å². The number of nitro groups is 1. The fourth-order valence-electron chi connectivity index (χ4n) is 8.18. The molecule has 0 radical (unpaired) electrons. The van der Waals surface area contributed by atoms with E-state index in [4.69, 9.17) is 5.73 Å². The van der Waals surface area contributed by atoms with Crippen molar-refractivity contribution in [1.29, 1.82) is 0 Å². The molecule has 0 unspecified atom stereocenters. The lowest BCUT2D eigenvalue weighted by molar-refractivity contribution is -0.675. The SMILES string of the molecule is CC(C)[C@H](NC(=O)CCCCCN1C(=O)C=CC1=O)C(=O)N[C@@H](CCCNC(N)=O)C(=O)Nc1ccc(C[n+]2cc(C3CCCC3)cc(F)c2NC(=O)c2cc([N+](=O)[O-])ccc2Sc2nnnn2C)cc1. The number of nitrogens with zero attached hydrogens (tertiary/aromatic N) is 7. The Balaban J connectivity index is 1.14. The number of tetrazole rings is 1. The Hall–Kier alpha value is -7.63. The van der Waals surface area contributed by atoms with Gasteiger partial charge in [-0.25, -0.2) is 24.2 Å². The van der Waals surface area contributed by atoms with Crippen LogP contribution in [0.4, 0.5) is 26.4 Å². The van der Waals surface area contributed by atoms with Crippen LogP contribution in [-0.4, -0.2) is 96.7 Å². The molecule has 1 aliphatic carbocycles. The highest BCUT2D eigenvalue weighted by atomic mass is 32.2. The summed E-state index contributed by atoms with van der Waals surface area (Å²) < 4.78 is 19.2. The number of nitro benzene ring substituents is 1. The molecular formula is C47H57FN13O9S+. The number of imide groups is 1. The highest BCUT2D eigenvalue weighted by Crippen LogP contribution is 2.35. The second kappa shape index (κ2) is 24.8. The van der Waals surface area contributed by atoms with Gasteiger partial charge in [0.05, 0.1) is 16.7 Å². The second-order valence-electron chi connectivity index (χ2n) is 17.6. The Morgan fingerprint density at radius 2 is 1.66 bits per heavy atom. The number of halogens is 1. The minimum atomic E-state index is -1.11. The number of rotatable bonds is 24. The molecule has 22 nitrogen and oxygen atoms in total. The molecule has 0 saturated heterocycles. The third-order valence-electron chi connectivity index (χ3n) is 12.0. The first-order valence-electron chi connectivity index (χ1n) is 23.3. The number of primary amides is 1. The van der Waals surface area contributed by atoms with Gasteiger partial charge in [0.1, 0.15) is 18.6 Å². The zero-order valence-corrected chi connectivity index (χ0v) is 40.3. The molecule has 2 aromatic carbocycles. The number of urea groups is 1. The van der Waals surface area contributed by atoms with Gasteiger partial charge in [-0.1, -0.05) is 45.2 Å². The number of pyridine rings is 1. The highest BCUT2D eigenvalue weighted by Gasteiger charge is 2.31. The largest absolute Gasteiger partial charge is 0.352 e. The Bertz CT molecular complexity index is 2660. The topological polar surface area (TPSA) is 300 Å². The van der Waals surface area contributed by atoms with Crippen molar-refractivity contribution < 1.29 is 47.4 Å². The van der Waals surface area contributed by atoms with Crippen LogP contribution in [0.1, 0.15) is 105 Å². The summed E-state index contributed by atoms with van der Waals surface area (Å²) in [5.74, 6) is -4.26. The van der Waals surface area contributed by atoms with Crippen molar-refractivity contribution in [2.24, 2.45) is 18.7 Å². The molecule has 0 bridgehead atoms. The Morgan fingerprint density at radius 1 is 0.944 bits per heavy atom. The average molecular weight is 999 g/mol. The smallest absolute Gasteiger partial charge is 0.340 e. The molecule has 2 atom stereocenters. The lowest BCUT2D eigenvalue weighted by Crippen LogP contribution is -2.54. The van der Waals surface area contributed by atoms with E-state index in [2.05, 4.69) is 42.1 Å². The summed E-state index contributed by atoms with van der Waals surface area (Å²) in [7, 11) is 1.59. The van der Waals surface area contributed by atoms with E-state index in [1.807, 2.05) is 0 Å². The average Bonchev–Trinajstić information content (AvgIpc) is 4.10. The predicted molar refractivity (Wildman–Crippen MR) is 256 cm³/mol. The fourth-order valence-corrected chi connectivity index (χ4v) is 9.02. The number of nitrogens with two attached hydrogens (primary N) is 1. The first-order valence-corrected chi connectivity index (χ1v) is 24.1. The maximum Gasteiger partial charge on any atom is 0.340 e. The number of hydrogen-bond donors (Lipinski definition) is 6. The highest BCUT2D eigenvalue weighted by molar-refractivity contribution is 7.99. The maximum absolute atomic E-state index is 16.3. The molecule has 2 aliphatic rings. The Kier molecular flexibility index (Phi) is 18.4. The molecule has 4 aromatic rings. The van der Waals surface area contributed by atoms with Gasteiger partial charge in [0, 0.05) is 61.4 Å². The van der Waals surface area contributed by atoms with Crippen molar-refractivity contribution in [2.45, 2.75) is 113 Å². The molecule has 8 amide bonds. The van der Waals surface area contributed by atoms with Gasteiger partial charge in [0.25, 0.3) is 17.5 Å². The van der Waals surface area contributed by atoms with Crippen molar-refractivity contribution >= 4 is 70.4 Å². The third kappa shape index (κ3) is 14.7. The quantitative estimate of drug-likeness (QED) is 0.0189. The molecule has 1 fully saturated rings. The molecule has 3 heterocycles. The molecule has 71 heavy (non-hydrogen) atoms. The van der Waals surface area contributed by atoms with Crippen LogP contribution in [0.2, 0.25) is 0 Å². The number of hydrogen-bond acceptors (Lipinski definition) is 13. The monoisotopic (exact) mass is 998 g/mol. The van der Waals surface area contributed by atoms with Gasteiger partial charge < -0.3 is 27.0 Å². The fraction of sp³-hybridized carbons (Fsp3) is 0.426. The number of aromatic nitrogens is 5. The Morgan fingerprint density at radius 3 is 2.31 bits per heavy atom. The molecular weight excluding hydrogens is 942 g/mol. The zero-order valence-electron chi connectivity index (χ0n) is 39.5. The summed E-state index contributed by atoms with van der Waals surface area (Å²) in [4.78, 5) is 102. The number of anilines is 2. The van der Waals surface area contributed by atoms with E-state index in [-0.39, 0.29) is 85.5 Å². The predicted octanol–water partition coefficient (Wildman–Crippen LogP) is 4.15. The first kappa shape index (κ1) is 52.7. The summed E-state index contributed by atoms with van der Waals surface area (Å²) in [6.45, 7) is 3.92. The molecule has 2 aromatic heterocycles. The molecule has 24 heteroatoms. The normalized spacial score (nSPS) is 14.4. The lowest BCUT2D eigenvalue weighted by atomic mass is 9.99. The number of aryl methyl sites for hydroxylation is 1. The van der Waals surface area contributed by atoms with E-state index in [0.29, 0.717) is 40.6 Å². The van der Waals surface area contributed by atoms with Gasteiger partial charge >= 0.3 is 17.8 Å². The number of carbonyl (C=O) groups is 7. The van der Waals surface area contributed by atoms with Crippen molar-refractivity contribution in [3.8, 4) is 0 Å². The third-order valence-corrected chi connectivity index (χ3v) is 13.1. The number of benzene rings is 2. The van der Waals surface area contributed by atoms with Crippen molar-refractivity contribution in [3.63, 3.8) is 0 Å². The molecule has 1 aliphatic heterocycles. The first-order chi connectivity index (χ1) is 34.0. The van der Waals surface area contributed by atoms with Gasteiger partial charge in [-0.3, -0.25) is 39.0 Å². The van der Waals surface area contributed by atoms with Crippen LogP contribution >= 0.6 is 11.8 Å². The summed E-state index contributed by atoms with van der Waals surface area (Å²) in [6, 6.07) is 8.96. The summed E-state index contributed by atoms with van der Waals surface area (Å²) >= 11 is 1.00. The number of non-ortho nitro benzene ring substituents is 1. The van der Waals surface area contributed by atoms with Gasteiger partial charge in [0.2, 0.25) is 28.7 Å². The van der Waals surface area contributed by atoms with Crippen LogP contribution < -0.4 is 36.9 Å². The lowest BCUT2D eigenvalue weighted by Gasteiger charge is -2.25. The van der Waals surface area contributed by atoms with E-state index in [1.54, 1.807) is 55.9 Å².